The summed E-state index contributed by atoms with van der Waals surface area (Å²) in [5, 5.41) is 0. The molecule has 1 aliphatic heterocycles. The van der Waals surface area contributed by atoms with E-state index in [-0.39, 0.29) is 6.03 Å². The maximum absolute atomic E-state index is 12.4. The number of nitrogens with zero attached hydrogens (tertiary/aromatic N) is 2. The van der Waals surface area contributed by atoms with E-state index in [1.165, 1.54) is 6.20 Å². The van der Waals surface area contributed by atoms with Crippen LogP contribution < -0.4 is 5.73 Å². The fraction of sp³-hybridized carbons (Fsp3) is 0.500. The van der Waals surface area contributed by atoms with Gasteiger partial charge in [-0.05, 0) is 24.8 Å². The molecule has 0 bridgehead atoms. The molecular weight excluding hydrogens is 242 g/mol. The fourth-order valence-corrected chi connectivity index (χ4v) is 1.93. The molecule has 0 aromatic carbocycles. The van der Waals surface area contributed by atoms with Crippen LogP contribution in [-0.2, 0) is 4.74 Å². The molecule has 1 heterocycles. The van der Waals surface area contributed by atoms with Crippen molar-refractivity contribution in [2.45, 2.75) is 6.92 Å². The minimum atomic E-state index is 0.0474. The van der Waals surface area contributed by atoms with Crippen molar-refractivity contribution in [3.05, 3.63) is 36.6 Å². The fourth-order valence-electron chi connectivity index (χ4n) is 1.93. The highest BCUT2D eigenvalue weighted by Gasteiger charge is 2.21. The molecule has 0 saturated carbocycles. The van der Waals surface area contributed by atoms with Crippen molar-refractivity contribution in [2.75, 3.05) is 39.4 Å². The molecule has 0 aromatic heterocycles. The van der Waals surface area contributed by atoms with Crippen LogP contribution in [0.1, 0.15) is 6.92 Å². The van der Waals surface area contributed by atoms with Gasteiger partial charge in [0.2, 0.25) is 0 Å². The summed E-state index contributed by atoms with van der Waals surface area (Å²) in [6, 6.07) is 0.0474. The van der Waals surface area contributed by atoms with E-state index < -0.39 is 0 Å². The topological polar surface area (TPSA) is 58.8 Å². The van der Waals surface area contributed by atoms with Crippen molar-refractivity contribution >= 4 is 6.03 Å². The Labute approximate surface area is 115 Å². The number of carbonyl (C=O) groups excluding carboxylic acids is 1. The zero-order valence-corrected chi connectivity index (χ0v) is 11.5. The zero-order chi connectivity index (χ0) is 14.1. The van der Waals surface area contributed by atoms with Crippen LogP contribution >= 0.6 is 0 Å². The first-order valence-corrected chi connectivity index (χ1v) is 6.54. The van der Waals surface area contributed by atoms with Gasteiger partial charge in [0.25, 0.3) is 0 Å². The van der Waals surface area contributed by atoms with Crippen LogP contribution in [0.15, 0.2) is 36.6 Å². The Bertz CT molecular complexity index is 358. The Balaban J connectivity index is 2.67. The van der Waals surface area contributed by atoms with Crippen LogP contribution in [0.2, 0.25) is 0 Å². The molecule has 0 atom stereocenters. The minimum Gasteiger partial charge on any atom is -0.405 e. The molecule has 0 spiro atoms. The van der Waals surface area contributed by atoms with E-state index in [2.05, 4.69) is 6.58 Å². The molecular formula is C14H23N3O2. The highest BCUT2D eigenvalue weighted by molar-refractivity contribution is 5.75. The Morgan fingerprint density at radius 1 is 1.47 bits per heavy atom. The highest BCUT2D eigenvalue weighted by atomic mass is 16.5. The number of nitrogens with two attached hydrogens (primary N) is 1. The number of morpholine rings is 1. The van der Waals surface area contributed by atoms with E-state index in [9.17, 15) is 4.79 Å². The number of likely N-dealkylation sites (N-methyl/N-ethyl adjacent to an activating group) is 1. The number of amides is 2. The first-order chi connectivity index (χ1) is 9.22. The molecule has 2 amide bonds. The molecule has 0 unspecified atom stereocenters. The standard InChI is InChI=1S/C14H23N3O2/c1-3-5-13(6-7-15)12-16(4-2)14(18)17-8-10-19-11-9-17/h3,5-7H,1,4,8-12,15H2,2H3/b7-6-,13-5+. The second-order valence-corrected chi connectivity index (χ2v) is 4.23. The van der Waals surface area contributed by atoms with E-state index >= 15 is 0 Å². The third kappa shape index (κ3) is 4.79. The molecule has 1 aliphatic rings. The van der Waals surface area contributed by atoms with Crippen molar-refractivity contribution in [2.24, 2.45) is 5.73 Å². The first-order valence-electron chi connectivity index (χ1n) is 6.54. The van der Waals surface area contributed by atoms with Gasteiger partial charge in [-0.15, -0.1) is 0 Å². The van der Waals surface area contributed by atoms with Gasteiger partial charge in [0, 0.05) is 26.2 Å². The number of hydrogen-bond donors (Lipinski definition) is 1. The van der Waals surface area contributed by atoms with Gasteiger partial charge < -0.3 is 20.3 Å². The number of hydrogen-bond acceptors (Lipinski definition) is 3. The van der Waals surface area contributed by atoms with Crippen LogP contribution in [-0.4, -0.2) is 55.2 Å². The smallest absolute Gasteiger partial charge is 0.320 e. The predicted octanol–water partition coefficient (Wildman–Crippen LogP) is 1.35. The van der Waals surface area contributed by atoms with Gasteiger partial charge in [-0.25, -0.2) is 4.79 Å². The third-order valence-electron chi connectivity index (χ3n) is 2.95. The number of carbonyl (C=O) groups is 1. The molecule has 1 fully saturated rings. The minimum absolute atomic E-state index is 0.0474. The van der Waals surface area contributed by atoms with Gasteiger partial charge in [-0.1, -0.05) is 18.7 Å². The van der Waals surface area contributed by atoms with Crippen LogP contribution in [0.5, 0.6) is 0 Å². The SMILES string of the molecule is C=C/C=C(\C=C/N)CN(CC)C(=O)N1CCOCC1. The lowest BCUT2D eigenvalue weighted by molar-refractivity contribution is 0.0445. The normalized spacial score (nSPS) is 16.7. The highest BCUT2D eigenvalue weighted by Crippen LogP contribution is 2.07. The predicted molar refractivity (Wildman–Crippen MR) is 76.6 cm³/mol. The lowest BCUT2D eigenvalue weighted by atomic mass is 10.2. The number of ether oxygens (including phenoxy) is 1. The summed E-state index contributed by atoms with van der Waals surface area (Å²) in [6.45, 7) is 9.36. The van der Waals surface area contributed by atoms with E-state index in [1.54, 1.807) is 17.1 Å². The maximum Gasteiger partial charge on any atom is 0.320 e. The quantitative estimate of drug-likeness (QED) is 0.763. The summed E-state index contributed by atoms with van der Waals surface area (Å²) < 4.78 is 5.26. The third-order valence-corrected chi connectivity index (χ3v) is 2.95. The van der Waals surface area contributed by atoms with E-state index in [1.807, 2.05) is 17.9 Å². The average molecular weight is 265 g/mol. The van der Waals surface area contributed by atoms with Crippen LogP contribution in [0.25, 0.3) is 0 Å². The lowest BCUT2D eigenvalue weighted by Gasteiger charge is -2.32. The van der Waals surface area contributed by atoms with E-state index in [4.69, 9.17) is 10.5 Å². The molecule has 5 heteroatoms. The second kappa shape index (κ2) is 8.37. The van der Waals surface area contributed by atoms with Crippen molar-refractivity contribution < 1.29 is 9.53 Å². The summed E-state index contributed by atoms with van der Waals surface area (Å²) in [5.74, 6) is 0. The van der Waals surface area contributed by atoms with E-state index in [0.717, 1.165) is 5.57 Å². The van der Waals surface area contributed by atoms with Crippen molar-refractivity contribution in [3.8, 4) is 0 Å². The van der Waals surface area contributed by atoms with Crippen LogP contribution in [0, 0.1) is 0 Å². The molecule has 0 aromatic rings. The average Bonchev–Trinajstić information content (AvgIpc) is 2.45. The number of rotatable bonds is 5. The van der Waals surface area contributed by atoms with Crippen molar-refractivity contribution in [3.63, 3.8) is 0 Å². The molecule has 1 saturated heterocycles. The molecule has 5 nitrogen and oxygen atoms in total. The Hall–Kier alpha value is -1.75. The Morgan fingerprint density at radius 3 is 2.68 bits per heavy atom. The summed E-state index contributed by atoms with van der Waals surface area (Å²) in [4.78, 5) is 16.0. The van der Waals surface area contributed by atoms with Crippen molar-refractivity contribution in [1.29, 1.82) is 0 Å². The number of urea groups is 1. The van der Waals surface area contributed by atoms with Crippen LogP contribution in [0.4, 0.5) is 4.79 Å². The Morgan fingerprint density at radius 2 is 2.16 bits per heavy atom. The van der Waals surface area contributed by atoms with Gasteiger partial charge >= 0.3 is 6.03 Å². The van der Waals surface area contributed by atoms with Gasteiger partial charge in [0.1, 0.15) is 0 Å². The lowest BCUT2D eigenvalue weighted by Crippen LogP contribution is -2.48. The maximum atomic E-state index is 12.4. The summed E-state index contributed by atoms with van der Waals surface area (Å²) in [5.41, 5.74) is 6.37. The van der Waals surface area contributed by atoms with Gasteiger partial charge in [-0.2, -0.15) is 0 Å². The molecule has 0 radical (unpaired) electrons. The summed E-state index contributed by atoms with van der Waals surface area (Å²) in [7, 11) is 0. The van der Waals surface area contributed by atoms with E-state index in [0.29, 0.717) is 39.4 Å². The van der Waals surface area contributed by atoms with Gasteiger partial charge in [0.15, 0.2) is 0 Å². The molecule has 2 N–H and O–H groups in total. The molecule has 1 rings (SSSR count). The summed E-state index contributed by atoms with van der Waals surface area (Å²) in [6.07, 6.45) is 6.82. The zero-order valence-electron chi connectivity index (χ0n) is 11.5. The largest absolute Gasteiger partial charge is 0.405 e. The summed E-state index contributed by atoms with van der Waals surface area (Å²) >= 11 is 0. The van der Waals surface area contributed by atoms with Gasteiger partial charge in [-0.3, -0.25) is 0 Å². The van der Waals surface area contributed by atoms with Crippen molar-refractivity contribution in [1.82, 2.24) is 9.80 Å². The monoisotopic (exact) mass is 265 g/mol. The van der Waals surface area contributed by atoms with Crippen LogP contribution in [0.3, 0.4) is 0 Å². The second-order valence-electron chi connectivity index (χ2n) is 4.23. The van der Waals surface area contributed by atoms with Gasteiger partial charge in [0.05, 0.1) is 13.2 Å². The molecule has 19 heavy (non-hydrogen) atoms. The molecule has 0 aliphatic carbocycles. The molecule has 106 valence electrons. The Kier molecular flexibility index (Phi) is 6.74. The first kappa shape index (κ1) is 15.3. The number of allylic oxidation sites excluding steroid dienone is 2.